The predicted molar refractivity (Wildman–Crippen MR) is 157 cm³/mol. The van der Waals surface area contributed by atoms with Crippen molar-refractivity contribution in [3.8, 4) is 22.6 Å². The Morgan fingerprint density at radius 3 is 2.90 bits per heavy atom. The summed E-state index contributed by atoms with van der Waals surface area (Å²) in [5.41, 5.74) is 7.96. The Labute approximate surface area is 237 Å². The van der Waals surface area contributed by atoms with Gasteiger partial charge in [-0.1, -0.05) is 18.2 Å². The van der Waals surface area contributed by atoms with E-state index in [1.807, 2.05) is 56.0 Å². The molecule has 0 radical (unpaired) electrons. The van der Waals surface area contributed by atoms with Crippen molar-refractivity contribution in [2.45, 2.75) is 19.1 Å². The van der Waals surface area contributed by atoms with Gasteiger partial charge in [0.1, 0.15) is 23.3 Å². The molecule has 9 nitrogen and oxygen atoms in total. The minimum absolute atomic E-state index is 0.0881. The number of pyridine rings is 2. The molecule has 5 aromatic rings. The molecular formula is C32H30N6O3. The van der Waals surface area contributed by atoms with Gasteiger partial charge in [0.25, 0.3) is 5.56 Å². The fourth-order valence-electron chi connectivity index (χ4n) is 5.60. The highest BCUT2D eigenvalue weighted by atomic mass is 16.5. The van der Waals surface area contributed by atoms with Gasteiger partial charge in [0, 0.05) is 67.5 Å². The summed E-state index contributed by atoms with van der Waals surface area (Å²) in [6.45, 7) is 2.39. The van der Waals surface area contributed by atoms with Crippen LogP contribution in [0.2, 0.25) is 0 Å². The van der Waals surface area contributed by atoms with Gasteiger partial charge in [0.2, 0.25) is 0 Å². The number of nitrogens with zero attached hydrogens (tertiary/aromatic N) is 4. The van der Waals surface area contributed by atoms with Crippen LogP contribution < -0.4 is 20.5 Å². The van der Waals surface area contributed by atoms with Crippen molar-refractivity contribution in [3.05, 3.63) is 118 Å². The van der Waals surface area contributed by atoms with E-state index < -0.39 is 0 Å². The van der Waals surface area contributed by atoms with E-state index in [4.69, 9.17) is 9.47 Å². The van der Waals surface area contributed by atoms with Crippen LogP contribution >= 0.6 is 0 Å². The first kappa shape index (κ1) is 25.1. The lowest BCUT2D eigenvalue weighted by Crippen LogP contribution is -2.41. The summed E-state index contributed by atoms with van der Waals surface area (Å²) in [6.07, 6.45) is 7.91. The highest BCUT2D eigenvalue weighted by Crippen LogP contribution is 2.43. The summed E-state index contributed by atoms with van der Waals surface area (Å²) in [7, 11) is 1.92. The summed E-state index contributed by atoms with van der Waals surface area (Å²) in [4.78, 5) is 21.8. The lowest BCUT2D eigenvalue weighted by atomic mass is 9.95. The summed E-state index contributed by atoms with van der Waals surface area (Å²) < 4.78 is 14.5. The van der Waals surface area contributed by atoms with Crippen LogP contribution in [0, 0.1) is 0 Å². The molecule has 1 saturated heterocycles. The Morgan fingerprint density at radius 2 is 2.02 bits per heavy atom. The number of fused-ring (bicyclic) bond motifs is 2. The molecule has 2 aliphatic rings. The second-order valence-corrected chi connectivity index (χ2v) is 10.4. The van der Waals surface area contributed by atoms with Crippen molar-refractivity contribution in [2.24, 2.45) is 7.05 Å². The number of aromatic amines is 1. The maximum Gasteiger partial charge on any atom is 0.271 e. The Bertz CT molecular complexity index is 1780. The van der Waals surface area contributed by atoms with Crippen LogP contribution in [0.15, 0.2) is 90.2 Å². The van der Waals surface area contributed by atoms with Gasteiger partial charge in [0.05, 0.1) is 25.0 Å². The molecule has 0 saturated carbocycles. The minimum Gasteiger partial charge on any atom is -0.456 e. The number of benzene rings is 2. The second-order valence-electron chi connectivity index (χ2n) is 10.4. The quantitative estimate of drug-likeness (QED) is 0.302. The van der Waals surface area contributed by atoms with Gasteiger partial charge in [-0.15, -0.1) is 0 Å². The first-order valence-electron chi connectivity index (χ1n) is 13.8. The van der Waals surface area contributed by atoms with E-state index >= 15 is 0 Å². The number of aromatic nitrogens is 4. The van der Waals surface area contributed by atoms with Gasteiger partial charge < -0.3 is 24.7 Å². The van der Waals surface area contributed by atoms with E-state index in [1.165, 1.54) is 0 Å². The van der Waals surface area contributed by atoms with Gasteiger partial charge >= 0.3 is 0 Å². The number of para-hydroxylation sites is 1. The molecule has 1 fully saturated rings. The first-order chi connectivity index (χ1) is 20.1. The number of morpholine rings is 1. The molecule has 0 aliphatic carbocycles. The van der Waals surface area contributed by atoms with Gasteiger partial charge in [-0.2, -0.15) is 5.10 Å². The molecule has 2 aromatic carbocycles. The normalized spacial score (nSPS) is 16.0. The average Bonchev–Trinajstić information content (AvgIpc) is 3.45. The highest BCUT2D eigenvalue weighted by Gasteiger charge is 2.29. The van der Waals surface area contributed by atoms with Gasteiger partial charge in [0.15, 0.2) is 0 Å². The van der Waals surface area contributed by atoms with E-state index in [9.17, 15) is 4.79 Å². The Morgan fingerprint density at radius 1 is 1.07 bits per heavy atom. The number of anilines is 2. The van der Waals surface area contributed by atoms with Crippen molar-refractivity contribution in [1.82, 2.24) is 19.7 Å². The van der Waals surface area contributed by atoms with E-state index in [0.717, 1.165) is 57.1 Å². The summed E-state index contributed by atoms with van der Waals surface area (Å²) in [6, 6.07) is 20.2. The molecule has 0 bridgehead atoms. The van der Waals surface area contributed by atoms with Crippen LogP contribution in [0.3, 0.4) is 0 Å². The van der Waals surface area contributed by atoms with Crippen molar-refractivity contribution in [2.75, 3.05) is 29.9 Å². The van der Waals surface area contributed by atoms with Crippen LogP contribution in [-0.2, 0) is 24.8 Å². The molecule has 41 heavy (non-hydrogen) atoms. The molecule has 9 heteroatoms. The minimum atomic E-state index is -0.198. The number of hydrogen-bond acceptors (Lipinski definition) is 7. The fourth-order valence-corrected chi connectivity index (χ4v) is 5.60. The standard InChI is InChI=1S/C32H30N6O3/c1-37-19-24(17-36-37)21-9-11-33-26(15-21)18-35-25-7-8-29-23(16-25)14-22-4-2-5-27(31(22)41-29)30-20-38(12-13-40-30)28-6-3-10-34-32(28)39/h2-11,15-17,19,30,35H,12-14,18,20H2,1H3,(H,34,39). The van der Waals surface area contributed by atoms with Crippen LogP contribution in [0.1, 0.15) is 28.5 Å². The zero-order valence-corrected chi connectivity index (χ0v) is 22.7. The van der Waals surface area contributed by atoms with Crippen molar-refractivity contribution in [1.29, 1.82) is 0 Å². The molecule has 5 heterocycles. The molecule has 0 spiro atoms. The van der Waals surface area contributed by atoms with Crippen molar-refractivity contribution < 1.29 is 9.47 Å². The number of H-pyrrole nitrogens is 1. The Balaban J connectivity index is 1.07. The van der Waals surface area contributed by atoms with Gasteiger partial charge in [-0.3, -0.25) is 14.5 Å². The lowest BCUT2D eigenvalue weighted by Gasteiger charge is -2.35. The number of hydrogen-bond donors (Lipinski definition) is 2. The molecule has 7 rings (SSSR count). The third-order valence-corrected chi connectivity index (χ3v) is 7.66. The fraction of sp³-hybridized carbons (Fsp3) is 0.219. The SMILES string of the molecule is Cn1cc(-c2ccnc(CNc3ccc4c(c3)Cc3cccc(C5CN(c6ccc[nH]c6=O)CCO5)c3O4)c2)cn1. The highest BCUT2D eigenvalue weighted by molar-refractivity contribution is 5.62. The molecule has 2 N–H and O–H groups in total. The van der Waals surface area contributed by atoms with Crippen LogP contribution in [0.25, 0.3) is 11.1 Å². The Kier molecular flexibility index (Phi) is 6.48. The van der Waals surface area contributed by atoms with E-state index in [-0.39, 0.29) is 11.7 Å². The maximum atomic E-state index is 12.4. The Hall–Kier alpha value is -4.89. The third kappa shape index (κ3) is 5.07. The number of rotatable bonds is 6. The predicted octanol–water partition coefficient (Wildman–Crippen LogP) is 5.06. The number of aryl methyl sites for hydroxylation is 1. The van der Waals surface area contributed by atoms with E-state index in [0.29, 0.717) is 31.9 Å². The molecule has 0 amide bonds. The first-order valence-corrected chi connectivity index (χ1v) is 13.8. The number of ether oxygens (including phenoxy) is 2. The average molecular weight is 547 g/mol. The van der Waals surface area contributed by atoms with Crippen LogP contribution in [0.5, 0.6) is 11.5 Å². The monoisotopic (exact) mass is 546 g/mol. The molecule has 2 aliphatic heterocycles. The third-order valence-electron chi connectivity index (χ3n) is 7.66. The largest absolute Gasteiger partial charge is 0.456 e. The molecular weight excluding hydrogens is 516 g/mol. The molecule has 3 aromatic heterocycles. The number of nitrogens with one attached hydrogen (secondary N) is 2. The van der Waals surface area contributed by atoms with Gasteiger partial charge in [-0.05, 0) is 53.6 Å². The van der Waals surface area contributed by atoms with Crippen molar-refractivity contribution >= 4 is 11.4 Å². The molecule has 1 unspecified atom stereocenters. The summed E-state index contributed by atoms with van der Waals surface area (Å²) in [5, 5.41) is 7.79. The zero-order chi connectivity index (χ0) is 27.8. The van der Waals surface area contributed by atoms with Crippen molar-refractivity contribution in [3.63, 3.8) is 0 Å². The topological polar surface area (TPSA) is 97.3 Å². The molecule has 1 atom stereocenters. The smallest absolute Gasteiger partial charge is 0.271 e. The molecule has 206 valence electrons. The van der Waals surface area contributed by atoms with E-state index in [2.05, 4.69) is 55.6 Å². The van der Waals surface area contributed by atoms with Crippen LogP contribution in [0.4, 0.5) is 11.4 Å². The lowest BCUT2D eigenvalue weighted by molar-refractivity contribution is 0.0383. The summed E-state index contributed by atoms with van der Waals surface area (Å²) >= 11 is 0. The van der Waals surface area contributed by atoms with E-state index in [1.54, 1.807) is 10.9 Å². The van der Waals surface area contributed by atoms with Crippen LogP contribution in [-0.4, -0.2) is 39.4 Å². The summed E-state index contributed by atoms with van der Waals surface area (Å²) in [5.74, 6) is 1.70. The zero-order valence-electron chi connectivity index (χ0n) is 22.7. The van der Waals surface area contributed by atoms with Gasteiger partial charge in [-0.25, -0.2) is 0 Å². The second kappa shape index (κ2) is 10.6. The maximum absolute atomic E-state index is 12.4.